The number of aromatic nitrogens is 2. The Morgan fingerprint density at radius 3 is 2.68 bits per heavy atom. The number of rotatable bonds is 11. The second kappa shape index (κ2) is 12.4. The van der Waals surface area contributed by atoms with Gasteiger partial charge in [-0.05, 0) is 31.3 Å². The number of carbonyl (C=O) groups excluding carboxylic acids is 1. The summed E-state index contributed by atoms with van der Waals surface area (Å²) in [5.41, 5.74) is 2.07. The van der Waals surface area contributed by atoms with Gasteiger partial charge in [0.15, 0.2) is 6.29 Å². The zero-order valence-corrected chi connectivity index (χ0v) is 21.1. The molecular formula is C24H28BrN5O4. The van der Waals surface area contributed by atoms with Gasteiger partial charge in [-0.15, -0.1) is 0 Å². The van der Waals surface area contributed by atoms with E-state index in [4.69, 9.17) is 14.2 Å². The van der Waals surface area contributed by atoms with Crippen LogP contribution in [0.3, 0.4) is 0 Å². The van der Waals surface area contributed by atoms with Crippen molar-refractivity contribution in [2.75, 3.05) is 52.1 Å². The molecule has 0 bridgehead atoms. The van der Waals surface area contributed by atoms with Crippen LogP contribution >= 0.6 is 15.9 Å². The molecule has 3 rings (SSSR count). The molecule has 1 amide bonds. The fourth-order valence-corrected chi connectivity index (χ4v) is 3.64. The van der Waals surface area contributed by atoms with Gasteiger partial charge >= 0.3 is 0 Å². The first-order chi connectivity index (χ1) is 16.4. The van der Waals surface area contributed by atoms with Crippen LogP contribution in [0.25, 0.3) is 10.9 Å². The lowest BCUT2D eigenvalue weighted by Gasteiger charge is -2.20. The summed E-state index contributed by atoms with van der Waals surface area (Å²) < 4.78 is 16.8. The fourth-order valence-electron chi connectivity index (χ4n) is 3.24. The van der Waals surface area contributed by atoms with Crippen LogP contribution in [0, 0.1) is 0 Å². The Hall–Kier alpha value is -3.05. The number of benzene rings is 2. The number of methoxy groups -OCH3 is 3. The maximum absolute atomic E-state index is 12.6. The predicted octanol–water partition coefficient (Wildman–Crippen LogP) is 4.19. The van der Waals surface area contributed by atoms with E-state index in [2.05, 4.69) is 36.5 Å². The second-order valence-electron chi connectivity index (χ2n) is 7.44. The normalized spacial score (nSPS) is 11.5. The van der Waals surface area contributed by atoms with E-state index in [1.165, 1.54) is 12.4 Å². The van der Waals surface area contributed by atoms with Crippen molar-refractivity contribution in [2.45, 2.75) is 6.29 Å². The molecule has 9 nitrogen and oxygen atoms in total. The van der Waals surface area contributed by atoms with Crippen LogP contribution in [-0.4, -0.2) is 68.5 Å². The van der Waals surface area contributed by atoms with Crippen LogP contribution in [0.2, 0.25) is 0 Å². The van der Waals surface area contributed by atoms with Crippen LogP contribution in [0.1, 0.15) is 0 Å². The highest BCUT2D eigenvalue weighted by Gasteiger charge is 2.13. The van der Waals surface area contributed by atoms with Gasteiger partial charge in [-0.25, -0.2) is 9.97 Å². The molecule has 2 aromatic carbocycles. The molecule has 10 heteroatoms. The molecular weight excluding hydrogens is 502 g/mol. The van der Waals surface area contributed by atoms with E-state index < -0.39 is 0 Å². The smallest absolute Gasteiger partial charge is 0.248 e. The zero-order valence-electron chi connectivity index (χ0n) is 19.5. The predicted molar refractivity (Wildman–Crippen MR) is 137 cm³/mol. The number of amides is 1. The van der Waals surface area contributed by atoms with Gasteiger partial charge in [0.05, 0.1) is 18.3 Å². The largest absolute Gasteiger partial charge is 0.494 e. The van der Waals surface area contributed by atoms with E-state index >= 15 is 0 Å². The Balaban J connectivity index is 1.76. The van der Waals surface area contributed by atoms with Crippen LogP contribution in [0.5, 0.6) is 5.75 Å². The quantitative estimate of drug-likeness (QED) is 0.282. The number of carbonyl (C=O) groups is 1. The van der Waals surface area contributed by atoms with E-state index in [1.807, 2.05) is 36.2 Å². The average Bonchev–Trinajstić information content (AvgIpc) is 2.82. The summed E-state index contributed by atoms with van der Waals surface area (Å²) in [4.78, 5) is 23.3. The molecule has 0 saturated carbocycles. The molecule has 0 radical (unpaired) electrons. The number of nitrogens with one attached hydrogen (secondary N) is 2. The fraction of sp³-hybridized carbons (Fsp3) is 0.292. The topological polar surface area (TPSA) is 97.8 Å². The molecule has 180 valence electrons. The van der Waals surface area contributed by atoms with Gasteiger partial charge in [0.1, 0.15) is 17.9 Å². The van der Waals surface area contributed by atoms with Gasteiger partial charge < -0.3 is 24.8 Å². The van der Waals surface area contributed by atoms with E-state index in [1.54, 1.807) is 39.5 Å². The molecule has 0 aliphatic rings. The van der Waals surface area contributed by atoms with Crippen LogP contribution in [0.15, 0.2) is 59.4 Å². The molecule has 0 atom stereocenters. The van der Waals surface area contributed by atoms with Gasteiger partial charge in [-0.3, -0.25) is 9.69 Å². The van der Waals surface area contributed by atoms with Crippen molar-refractivity contribution in [1.82, 2.24) is 14.9 Å². The molecule has 0 aliphatic carbocycles. The van der Waals surface area contributed by atoms with Crippen molar-refractivity contribution in [3.05, 3.63) is 59.4 Å². The highest BCUT2D eigenvalue weighted by Crippen LogP contribution is 2.33. The highest BCUT2D eigenvalue weighted by molar-refractivity contribution is 9.10. The lowest BCUT2D eigenvalue weighted by Crippen LogP contribution is -2.31. The Morgan fingerprint density at radius 1 is 1.18 bits per heavy atom. The first-order valence-electron chi connectivity index (χ1n) is 10.5. The van der Waals surface area contributed by atoms with E-state index in [0.29, 0.717) is 35.9 Å². The van der Waals surface area contributed by atoms with Gasteiger partial charge in [0, 0.05) is 55.0 Å². The Labute approximate surface area is 207 Å². The number of hydrogen-bond donors (Lipinski definition) is 2. The zero-order chi connectivity index (χ0) is 24.5. The third-order valence-electron chi connectivity index (χ3n) is 4.97. The minimum Gasteiger partial charge on any atom is -0.494 e. The van der Waals surface area contributed by atoms with Gasteiger partial charge in [0.2, 0.25) is 5.91 Å². The highest BCUT2D eigenvalue weighted by atomic mass is 79.9. The van der Waals surface area contributed by atoms with Crippen LogP contribution in [0.4, 0.5) is 17.2 Å². The molecule has 0 saturated heterocycles. The second-order valence-corrected chi connectivity index (χ2v) is 8.36. The summed E-state index contributed by atoms with van der Waals surface area (Å²) in [5, 5.41) is 6.93. The lowest BCUT2D eigenvalue weighted by molar-refractivity contribution is -0.112. The monoisotopic (exact) mass is 529 g/mol. The van der Waals surface area contributed by atoms with Crippen molar-refractivity contribution in [3.63, 3.8) is 0 Å². The summed E-state index contributed by atoms with van der Waals surface area (Å²) >= 11 is 3.47. The van der Waals surface area contributed by atoms with Gasteiger partial charge in [-0.1, -0.05) is 28.1 Å². The summed E-state index contributed by atoms with van der Waals surface area (Å²) in [6.45, 7) is 1.13. The SMILES string of the molecule is COc1cc2ncnc(Nc3cccc(Br)c3)c2cc1NC(=O)C=CCN(C)CC(OC)OC. The summed E-state index contributed by atoms with van der Waals surface area (Å²) in [7, 11) is 6.64. The minimum atomic E-state index is -0.323. The molecule has 0 spiro atoms. The van der Waals surface area contributed by atoms with E-state index in [-0.39, 0.29) is 12.2 Å². The lowest BCUT2D eigenvalue weighted by atomic mass is 10.2. The number of anilines is 3. The van der Waals surface area contributed by atoms with Gasteiger partial charge in [-0.2, -0.15) is 0 Å². The standard InChI is InChI=1S/C24H28BrN5O4/c1-30(14-23(33-3)34-4)10-6-9-22(31)29-20-12-18-19(13-21(20)32-2)26-15-27-24(18)28-17-8-5-7-16(25)11-17/h5-9,11-13,15,23H,10,14H2,1-4H3,(H,29,31)(H,26,27,28). The number of likely N-dealkylation sites (N-methyl/N-ethyl adjacent to an activating group) is 1. The van der Waals surface area contributed by atoms with E-state index in [9.17, 15) is 4.79 Å². The molecule has 3 aromatic rings. The molecule has 0 aliphatic heterocycles. The van der Waals surface area contributed by atoms with Crippen molar-refractivity contribution >= 4 is 49.9 Å². The first kappa shape index (κ1) is 25.6. The van der Waals surface area contributed by atoms with Crippen LogP contribution in [-0.2, 0) is 14.3 Å². The average molecular weight is 530 g/mol. The minimum absolute atomic E-state index is 0.278. The van der Waals surface area contributed by atoms with Crippen molar-refractivity contribution in [3.8, 4) is 5.75 Å². The van der Waals surface area contributed by atoms with Crippen molar-refractivity contribution in [1.29, 1.82) is 0 Å². The maximum atomic E-state index is 12.6. The number of fused-ring (bicyclic) bond motifs is 1. The molecule has 34 heavy (non-hydrogen) atoms. The third-order valence-corrected chi connectivity index (χ3v) is 5.47. The summed E-state index contributed by atoms with van der Waals surface area (Å²) in [6, 6.07) is 11.3. The molecule has 1 heterocycles. The molecule has 2 N–H and O–H groups in total. The number of hydrogen-bond acceptors (Lipinski definition) is 8. The molecule has 1 aromatic heterocycles. The number of nitrogens with zero attached hydrogens (tertiary/aromatic N) is 3. The Bertz CT molecular complexity index is 1150. The number of halogens is 1. The number of ether oxygens (including phenoxy) is 3. The maximum Gasteiger partial charge on any atom is 0.248 e. The van der Waals surface area contributed by atoms with Crippen molar-refractivity contribution < 1.29 is 19.0 Å². The Kier molecular flexibility index (Phi) is 9.34. The van der Waals surface area contributed by atoms with E-state index in [0.717, 1.165) is 15.5 Å². The summed E-state index contributed by atoms with van der Waals surface area (Å²) in [5.74, 6) is 0.838. The van der Waals surface area contributed by atoms with Crippen LogP contribution < -0.4 is 15.4 Å². The Morgan fingerprint density at radius 2 is 1.97 bits per heavy atom. The molecule has 0 fully saturated rings. The third kappa shape index (κ3) is 6.97. The first-order valence-corrected chi connectivity index (χ1v) is 11.3. The van der Waals surface area contributed by atoms with Gasteiger partial charge in [0.25, 0.3) is 0 Å². The summed E-state index contributed by atoms with van der Waals surface area (Å²) in [6.07, 6.45) is 4.42. The van der Waals surface area contributed by atoms with Crippen molar-refractivity contribution in [2.24, 2.45) is 0 Å². The molecule has 0 unspecified atom stereocenters.